The van der Waals surface area contributed by atoms with Gasteiger partial charge in [0.2, 0.25) is 5.76 Å². The molecule has 0 aliphatic heterocycles. The van der Waals surface area contributed by atoms with Gasteiger partial charge in [0.1, 0.15) is 4.60 Å². The maximum absolute atomic E-state index is 11.6. The zero-order chi connectivity index (χ0) is 13.4. The molecule has 0 bridgehead atoms. The second kappa shape index (κ2) is 8.23. The van der Waals surface area contributed by atoms with Gasteiger partial charge >= 0.3 is 0 Å². The molecule has 0 aliphatic carbocycles. The third-order valence-corrected chi connectivity index (χ3v) is 2.76. The van der Waals surface area contributed by atoms with E-state index in [-0.39, 0.29) is 11.7 Å². The molecule has 1 heterocycles. The number of carbonyl (C=O) groups is 1. The van der Waals surface area contributed by atoms with Crippen molar-refractivity contribution < 1.29 is 14.1 Å². The molecule has 1 aromatic heterocycles. The Labute approximate surface area is 115 Å². The molecule has 0 saturated carbocycles. The van der Waals surface area contributed by atoms with E-state index in [4.69, 9.17) is 9.26 Å². The summed E-state index contributed by atoms with van der Waals surface area (Å²) in [5.74, 6) is -0.0256. The van der Waals surface area contributed by atoms with Crippen molar-refractivity contribution in [1.82, 2.24) is 15.4 Å². The maximum Gasteiger partial charge on any atom is 0.289 e. The van der Waals surface area contributed by atoms with Gasteiger partial charge in [0.05, 0.1) is 6.61 Å². The fraction of sp³-hybridized carbons (Fsp3) is 0.636. The topological polar surface area (TPSA) is 67.6 Å². The van der Waals surface area contributed by atoms with Crippen LogP contribution in [0.25, 0.3) is 0 Å². The number of likely N-dealkylation sites (N-methyl/N-ethyl adjacent to an activating group) is 1. The van der Waals surface area contributed by atoms with E-state index in [1.165, 1.54) is 0 Å². The lowest BCUT2D eigenvalue weighted by Gasteiger charge is -2.15. The third kappa shape index (κ3) is 5.61. The van der Waals surface area contributed by atoms with Gasteiger partial charge < -0.3 is 19.5 Å². The van der Waals surface area contributed by atoms with Crippen LogP contribution in [0.3, 0.4) is 0 Å². The molecule has 0 aliphatic rings. The van der Waals surface area contributed by atoms with Crippen molar-refractivity contribution in [2.24, 2.45) is 0 Å². The van der Waals surface area contributed by atoms with Gasteiger partial charge in [-0.2, -0.15) is 0 Å². The van der Waals surface area contributed by atoms with Crippen LogP contribution in [0.15, 0.2) is 15.2 Å². The molecular formula is C11H18BrN3O3. The lowest BCUT2D eigenvalue weighted by molar-refractivity contribution is 0.0914. The quantitative estimate of drug-likeness (QED) is 0.728. The van der Waals surface area contributed by atoms with E-state index in [2.05, 4.69) is 31.3 Å². The van der Waals surface area contributed by atoms with Gasteiger partial charge in [-0.1, -0.05) is 5.16 Å². The second-order valence-electron chi connectivity index (χ2n) is 3.92. The summed E-state index contributed by atoms with van der Waals surface area (Å²) in [6.07, 6.45) is 0.876. The first-order chi connectivity index (χ1) is 8.63. The fourth-order valence-electron chi connectivity index (χ4n) is 1.36. The minimum Gasteiger partial charge on any atom is -0.383 e. The van der Waals surface area contributed by atoms with E-state index in [1.807, 2.05) is 7.05 Å². The zero-order valence-corrected chi connectivity index (χ0v) is 12.2. The average molecular weight is 320 g/mol. The van der Waals surface area contributed by atoms with Crippen molar-refractivity contribution in [2.75, 3.05) is 40.4 Å². The average Bonchev–Trinajstić information content (AvgIpc) is 2.78. The predicted octanol–water partition coefficient (Wildman–Crippen LogP) is 1.14. The summed E-state index contributed by atoms with van der Waals surface area (Å²) in [6.45, 7) is 3.12. The van der Waals surface area contributed by atoms with Gasteiger partial charge in [0, 0.05) is 26.3 Å². The molecule has 7 heteroatoms. The molecule has 6 nitrogen and oxygen atoms in total. The Morgan fingerprint density at radius 1 is 1.61 bits per heavy atom. The van der Waals surface area contributed by atoms with Gasteiger partial charge in [-0.05, 0) is 35.9 Å². The van der Waals surface area contributed by atoms with Crippen LogP contribution in [0, 0.1) is 0 Å². The Hall–Kier alpha value is -0.920. The Morgan fingerprint density at radius 2 is 2.39 bits per heavy atom. The number of nitrogens with zero attached hydrogens (tertiary/aromatic N) is 2. The molecule has 0 spiro atoms. The number of nitrogens with one attached hydrogen (secondary N) is 1. The molecule has 1 amide bonds. The van der Waals surface area contributed by atoms with Gasteiger partial charge in [-0.3, -0.25) is 4.79 Å². The zero-order valence-electron chi connectivity index (χ0n) is 10.6. The molecule has 1 aromatic rings. The number of amides is 1. The molecule has 1 rings (SSSR count). The molecule has 1 N–H and O–H groups in total. The van der Waals surface area contributed by atoms with Gasteiger partial charge in [0.25, 0.3) is 5.91 Å². The molecule has 0 radical (unpaired) electrons. The molecule has 0 fully saturated rings. The molecule has 18 heavy (non-hydrogen) atoms. The Balaban J connectivity index is 2.12. The molecule has 0 saturated heterocycles. The Kier molecular flexibility index (Phi) is 6.92. The number of rotatable bonds is 8. The van der Waals surface area contributed by atoms with Crippen molar-refractivity contribution in [3.63, 3.8) is 0 Å². The highest BCUT2D eigenvalue weighted by atomic mass is 79.9. The fourth-order valence-corrected chi connectivity index (χ4v) is 1.64. The molecular weight excluding hydrogens is 302 g/mol. The van der Waals surface area contributed by atoms with Crippen LogP contribution >= 0.6 is 15.9 Å². The van der Waals surface area contributed by atoms with Gasteiger partial charge in [0.15, 0.2) is 0 Å². The van der Waals surface area contributed by atoms with Crippen LogP contribution in [0.1, 0.15) is 17.0 Å². The number of ether oxygens (including phenoxy) is 1. The minimum absolute atomic E-state index is 0.217. The van der Waals surface area contributed by atoms with Gasteiger partial charge in [-0.15, -0.1) is 0 Å². The summed E-state index contributed by atoms with van der Waals surface area (Å²) in [5.41, 5.74) is 0. The maximum atomic E-state index is 11.6. The predicted molar refractivity (Wildman–Crippen MR) is 70.5 cm³/mol. The van der Waals surface area contributed by atoms with E-state index in [0.29, 0.717) is 11.1 Å². The number of aromatic nitrogens is 1. The van der Waals surface area contributed by atoms with E-state index in [1.54, 1.807) is 13.2 Å². The first kappa shape index (κ1) is 15.1. The normalized spacial score (nSPS) is 10.9. The summed E-state index contributed by atoms with van der Waals surface area (Å²) in [4.78, 5) is 13.7. The van der Waals surface area contributed by atoms with Crippen molar-refractivity contribution in [3.05, 3.63) is 16.4 Å². The van der Waals surface area contributed by atoms with Crippen molar-refractivity contribution in [1.29, 1.82) is 0 Å². The highest BCUT2D eigenvalue weighted by Gasteiger charge is 2.10. The monoisotopic (exact) mass is 319 g/mol. The van der Waals surface area contributed by atoms with E-state index in [9.17, 15) is 4.79 Å². The second-order valence-corrected chi connectivity index (χ2v) is 4.73. The van der Waals surface area contributed by atoms with E-state index in [0.717, 1.165) is 26.1 Å². The highest BCUT2D eigenvalue weighted by molar-refractivity contribution is 9.10. The van der Waals surface area contributed by atoms with Gasteiger partial charge in [-0.25, -0.2) is 0 Å². The van der Waals surface area contributed by atoms with Crippen LogP contribution in [0.2, 0.25) is 0 Å². The number of hydrogen-bond donors (Lipinski definition) is 1. The summed E-state index contributed by atoms with van der Waals surface area (Å²) in [7, 11) is 3.71. The lowest BCUT2D eigenvalue weighted by Crippen LogP contribution is -2.29. The SMILES string of the molecule is COCCN(C)CCCNC(=O)c1cc(Br)no1. The number of carbonyl (C=O) groups excluding carboxylic acids is 1. The molecule has 0 atom stereocenters. The molecule has 0 unspecified atom stereocenters. The van der Waals surface area contributed by atoms with Crippen molar-refractivity contribution in [2.45, 2.75) is 6.42 Å². The summed E-state index contributed by atoms with van der Waals surface area (Å²) in [6, 6.07) is 1.54. The smallest absolute Gasteiger partial charge is 0.289 e. The van der Waals surface area contributed by atoms with Crippen LogP contribution in [-0.4, -0.2) is 56.4 Å². The first-order valence-electron chi connectivity index (χ1n) is 5.71. The largest absolute Gasteiger partial charge is 0.383 e. The van der Waals surface area contributed by atoms with E-state index >= 15 is 0 Å². The summed E-state index contributed by atoms with van der Waals surface area (Å²) >= 11 is 3.12. The molecule has 0 aromatic carbocycles. The standard InChI is InChI=1S/C11H18BrN3O3/c1-15(6-7-17-2)5-3-4-13-11(16)9-8-10(12)14-18-9/h8H,3-7H2,1-2H3,(H,13,16). The highest BCUT2D eigenvalue weighted by Crippen LogP contribution is 2.09. The Morgan fingerprint density at radius 3 is 3.00 bits per heavy atom. The van der Waals surface area contributed by atoms with E-state index < -0.39 is 0 Å². The first-order valence-corrected chi connectivity index (χ1v) is 6.50. The Bertz CT molecular complexity index is 370. The van der Waals surface area contributed by atoms with Crippen LogP contribution in [-0.2, 0) is 4.74 Å². The number of halogens is 1. The molecule has 102 valence electrons. The minimum atomic E-state index is -0.243. The van der Waals surface area contributed by atoms with Crippen LogP contribution < -0.4 is 5.32 Å². The van der Waals surface area contributed by atoms with Crippen LogP contribution in [0.4, 0.5) is 0 Å². The third-order valence-electron chi connectivity index (χ3n) is 2.38. The number of methoxy groups -OCH3 is 1. The van der Waals surface area contributed by atoms with Crippen molar-refractivity contribution in [3.8, 4) is 0 Å². The summed E-state index contributed by atoms with van der Waals surface area (Å²) < 4.78 is 10.3. The van der Waals surface area contributed by atoms with Crippen molar-refractivity contribution >= 4 is 21.8 Å². The van der Waals surface area contributed by atoms with Crippen LogP contribution in [0.5, 0.6) is 0 Å². The number of hydrogen-bond acceptors (Lipinski definition) is 5. The summed E-state index contributed by atoms with van der Waals surface area (Å²) in [5, 5.41) is 6.36. The lowest BCUT2D eigenvalue weighted by atomic mass is 10.3.